The summed E-state index contributed by atoms with van der Waals surface area (Å²) in [6.07, 6.45) is 1.40. The van der Waals surface area contributed by atoms with Gasteiger partial charge in [0.2, 0.25) is 5.75 Å². The van der Waals surface area contributed by atoms with Gasteiger partial charge in [-0.15, -0.1) is 0 Å². The topological polar surface area (TPSA) is 120 Å². The number of hydrogen-bond acceptors (Lipinski definition) is 7. The summed E-state index contributed by atoms with van der Waals surface area (Å²) >= 11 is 0. The van der Waals surface area contributed by atoms with E-state index >= 15 is 0 Å². The van der Waals surface area contributed by atoms with Crippen molar-refractivity contribution in [2.24, 2.45) is 5.10 Å². The minimum absolute atomic E-state index is 0.262. The molecule has 0 radical (unpaired) electrons. The summed E-state index contributed by atoms with van der Waals surface area (Å²) in [7, 11) is 6.05. The SMILES string of the molecule is COc1ccc(NC(=O)NCC(=O)N/N=C\c2ccc(OC)c(OC)c2OC)cc1. The summed E-state index contributed by atoms with van der Waals surface area (Å²) in [6, 6.07) is 9.64. The molecule has 0 heterocycles. The molecule has 0 spiro atoms. The van der Waals surface area contributed by atoms with Crippen LogP contribution >= 0.6 is 0 Å². The van der Waals surface area contributed by atoms with Gasteiger partial charge in [0.1, 0.15) is 12.3 Å². The van der Waals surface area contributed by atoms with Gasteiger partial charge in [0.05, 0.1) is 34.7 Å². The van der Waals surface area contributed by atoms with Gasteiger partial charge in [0.15, 0.2) is 11.5 Å². The summed E-state index contributed by atoms with van der Waals surface area (Å²) in [5.41, 5.74) is 3.46. The number of rotatable bonds is 9. The number of hydrogen-bond donors (Lipinski definition) is 3. The first-order valence-electron chi connectivity index (χ1n) is 8.82. The van der Waals surface area contributed by atoms with Gasteiger partial charge in [-0.25, -0.2) is 10.2 Å². The normalized spacial score (nSPS) is 10.3. The Hall–Kier alpha value is -3.95. The Bertz CT molecular complexity index is 899. The van der Waals surface area contributed by atoms with Crippen LogP contribution in [0.5, 0.6) is 23.0 Å². The minimum Gasteiger partial charge on any atom is -0.497 e. The molecule has 0 fully saturated rings. The molecule has 0 aliphatic carbocycles. The van der Waals surface area contributed by atoms with Crippen LogP contribution in [0.1, 0.15) is 5.56 Å². The predicted octanol–water partition coefficient (Wildman–Crippen LogP) is 1.99. The van der Waals surface area contributed by atoms with Gasteiger partial charge in [0.25, 0.3) is 5.91 Å². The van der Waals surface area contributed by atoms with Gasteiger partial charge in [-0.1, -0.05) is 0 Å². The van der Waals surface area contributed by atoms with E-state index in [2.05, 4.69) is 21.2 Å². The molecule has 2 aromatic carbocycles. The van der Waals surface area contributed by atoms with Gasteiger partial charge in [-0.05, 0) is 36.4 Å². The molecule has 0 aromatic heterocycles. The number of nitrogens with one attached hydrogen (secondary N) is 3. The summed E-state index contributed by atoms with van der Waals surface area (Å²) in [5.74, 6) is 1.49. The lowest BCUT2D eigenvalue weighted by atomic mass is 10.2. The molecule has 0 saturated heterocycles. The van der Waals surface area contributed by atoms with Crippen molar-refractivity contribution in [2.75, 3.05) is 40.3 Å². The summed E-state index contributed by atoms with van der Waals surface area (Å²) in [4.78, 5) is 23.8. The average Bonchev–Trinajstić information content (AvgIpc) is 2.77. The summed E-state index contributed by atoms with van der Waals surface area (Å²) in [5, 5.41) is 8.91. The first-order chi connectivity index (χ1) is 14.5. The largest absolute Gasteiger partial charge is 0.497 e. The van der Waals surface area contributed by atoms with Crippen molar-refractivity contribution in [3.8, 4) is 23.0 Å². The van der Waals surface area contributed by atoms with Crippen LogP contribution in [0, 0.1) is 0 Å². The van der Waals surface area contributed by atoms with E-state index in [9.17, 15) is 9.59 Å². The van der Waals surface area contributed by atoms with E-state index < -0.39 is 11.9 Å². The van der Waals surface area contributed by atoms with Gasteiger partial charge in [-0.3, -0.25) is 4.79 Å². The molecule has 10 heteroatoms. The quantitative estimate of drug-likeness (QED) is 0.425. The van der Waals surface area contributed by atoms with Crippen LogP contribution in [-0.4, -0.2) is 53.1 Å². The van der Waals surface area contributed by atoms with Crippen LogP contribution in [0.2, 0.25) is 0 Å². The van der Waals surface area contributed by atoms with Crippen LogP contribution in [-0.2, 0) is 4.79 Å². The Labute approximate surface area is 174 Å². The van der Waals surface area contributed by atoms with E-state index in [4.69, 9.17) is 18.9 Å². The Morgan fingerprint density at radius 3 is 2.20 bits per heavy atom. The molecule has 3 amide bonds. The third-order valence-electron chi connectivity index (χ3n) is 3.88. The number of hydrazone groups is 1. The molecular formula is C20H24N4O6. The van der Waals surface area contributed by atoms with Crippen LogP contribution in [0.15, 0.2) is 41.5 Å². The summed E-state index contributed by atoms with van der Waals surface area (Å²) < 4.78 is 20.9. The molecule has 10 nitrogen and oxygen atoms in total. The number of carbonyl (C=O) groups excluding carboxylic acids is 2. The molecule has 0 bridgehead atoms. The fourth-order valence-corrected chi connectivity index (χ4v) is 2.45. The van der Waals surface area contributed by atoms with Crippen molar-refractivity contribution in [3.05, 3.63) is 42.0 Å². The van der Waals surface area contributed by atoms with Gasteiger partial charge < -0.3 is 29.6 Å². The van der Waals surface area contributed by atoms with E-state index in [0.717, 1.165) is 0 Å². The fourth-order valence-electron chi connectivity index (χ4n) is 2.45. The standard InChI is InChI=1S/C20H24N4O6/c1-27-15-8-6-14(7-9-15)23-20(26)21-12-17(25)24-22-11-13-5-10-16(28-2)19(30-4)18(13)29-3/h5-11H,12H2,1-4H3,(H,24,25)(H2,21,23,26)/b22-11-. The Balaban J connectivity index is 1.86. The number of methoxy groups -OCH3 is 4. The monoisotopic (exact) mass is 416 g/mol. The van der Waals surface area contributed by atoms with Gasteiger partial charge >= 0.3 is 6.03 Å². The Morgan fingerprint density at radius 1 is 0.900 bits per heavy atom. The number of nitrogens with zero attached hydrogens (tertiary/aromatic N) is 1. The van der Waals surface area contributed by atoms with E-state index in [0.29, 0.717) is 34.2 Å². The van der Waals surface area contributed by atoms with Crippen molar-refractivity contribution >= 4 is 23.8 Å². The molecular weight excluding hydrogens is 392 g/mol. The third-order valence-corrected chi connectivity index (χ3v) is 3.88. The zero-order valence-corrected chi connectivity index (χ0v) is 17.1. The van der Waals surface area contributed by atoms with Crippen molar-refractivity contribution in [1.29, 1.82) is 0 Å². The molecule has 0 aliphatic rings. The molecule has 0 atom stereocenters. The number of amides is 3. The lowest BCUT2D eigenvalue weighted by Crippen LogP contribution is -2.37. The maximum absolute atomic E-state index is 11.9. The highest BCUT2D eigenvalue weighted by molar-refractivity contribution is 5.92. The smallest absolute Gasteiger partial charge is 0.319 e. The van der Waals surface area contributed by atoms with Crippen LogP contribution < -0.4 is 35.0 Å². The summed E-state index contributed by atoms with van der Waals surface area (Å²) in [6.45, 7) is -0.262. The van der Waals surface area contributed by atoms with E-state index in [1.165, 1.54) is 27.5 Å². The van der Waals surface area contributed by atoms with Crippen LogP contribution in [0.3, 0.4) is 0 Å². The molecule has 0 saturated carbocycles. The highest BCUT2D eigenvalue weighted by atomic mass is 16.5. The fraction of sp³-hybridized carbons (Fsp3) is 0.250. The van der Waals surface area contributed by atoms with Crippen molar-refractivity contribution in [2.45, 2.75) is 0 Å². The molecule has 3 N–H and O–H groups in total. The second-order valence-electron chi connectivity index (χ2n) is 5.75. The molecule has 0 aliphatic heterocycles. The lowest BCUT2D eigenvalue weighted by Gasteiger charge is -2.13. The average molecular weight is 416 g/mol. The van der Waals surface area contributed by atoms with Gasteiger partial charge in [-0.2, -0.15) is 5.10 Å². The van der Waals surface area contributed by atoms with Crippen LogP contribution in [0.25, 0.3) is 0 Å². The number of urea groups is 1. The molecule has 2 rings (SSSR count). The zero-order chi connectivity index (χ0) is 21.9. The second-order valence-corrected chi connectivity index (χ2v) is 5.75. The highest BCUT2D eigenvalue weighted by Crippen LogP contribution is 2.38. The Kier molecular flexibility index (Phi) is 8.30. The Morgan fingerprint density at radius 2 is 1.60 bits per heavy atom. The maximum atomic E-state index is 11.9. The maximum Gasteiger partial charge on any atom is 0.319 e. The first-order valence-corrected chi connectivity index (χ1v) is 8.82. The lowest BCUT2D eigenvalue weighted by molar-refractivity contribution is -0.120. The molecule has 160 valence electrons. The van der Waals surface area contributed by atoms with Crippen LogP contribution in [0.4, 0.5) is 10.5 Å². The second kappa shape index (κ2) is 11.1. The van der Waals surface area contributed by atoms with E-state index in [1.54, 1.807) is 43.5 Å². The first kappa shape index (κ1) is 22.3. The number of carbonyl (C=O) groups is 2. The molecule has 30 heavy (non-hydrogen) atoms. The van der Waals surface area contributed by atoms with Gasteiger partial charge in [0, 0.05) is 11.3 Å². The number of anilines is 1. The number of benzene rings is 2. The van der Waals surface area contributed by atoms with Crippen molar-refractivity contribution < 1.29 is 28.5 Å². The number of ether oxygens (including phenoxy) is 4. The minimum atomic E-state index is -0.527. The van der Waals surface area contributed by atoms with Crippen molar-refractivity contribution in [3.63, 3.8) is 0 Å². The molecule has 0 unspecified atom stereocenters. The zero-order valence-electron chi connectivity index (χ0n) is 17.1. The van der Waals surface area contributed by atoms with Crippen molar-refractivity contribution in [1.82, 2.24) is 10.7 Å². The van der Waals surface area contributed by atoms with E-state index in [-0.39, 0.29) is 6.54 Å². The van der Waals surface area contributed by atoms with E-state index in [1.807, 2.05) is 0 Å². The third kappa shape index (κ3) is 6.03. The molecule has 2 aromatic rings. The predicted molar refractivity (Wildman–Crippen MR) is 112 cm³/mol. The highest BCUT2D eigenvalue weighted by Gasteiger charge is 2.14.